The Morgan fingerprint density at radius 1 is 0.947 bits per heavy atom. The zero-order valence-corrected chi connectivity index (χ0v) is 43.5. The zero-order chi connectivity index (χ0) is 53.8. The maximum absolute atomic E-state index is 14.3. The van der Waals surface area contributed by atoms with Gasteiger partial charge in [0.25, 0.3) is 11.8 Å². The molecule has 0 radical (unpaired) electrons. The molecule has 4 amide bonds. The Kier molecular flexibility index (Phi) is 16.6. The van der Waals surface area contributed by atoms with E-state index in [1.165, 1.54) is 22.3 Å². The molecule has 3 aliphatic rings. The molecule has 2 fully saturated rings. The first-order valence-electron chi connectivity index (χ1n) is 24.3. The molecule has 394 valence electrons. The van der Waals surface area contributed by atoms with Crippen LogP contribution in [0, 0.1) is 24.2 Å². The van der Waals surface area contributed by atoms with Crippen molar-refractivity contribution in [2.45, 2.75) is 84.0 Å². The highest BCUT2D eigenvalue weighted by molar-refractivity contribution is 7.81. The van der Waals surface area contributed by atoms with Gasteiger partial charge in [0.2, 0.25) is 11.8 Å². The number of aryl methyl sites for hydroxylation is 1. The number of halogens is 3. The lowest BCUT2D eigenvalue weighted by Crippen LogP contribution is -2.55. The third kappa shape index (κ3) is 11.6. The largest absolute Gasteiger partial charge is 0.491 e. The maximum Gasteiger partial charge on any atom is 0.417 e. The number of nitrogens with one attached hydrogen (secondary N) is 1. The van der Waals surface area contributed by atoms with Crippen LogP contribution in [-0.4, -0.2) is 119 Å². The normalized spacial score (nSPS) is 17.7. The molecule has 16 nitrogen and oxygen atoms in total. The molecule has 5 aromatic rings. The first-order valence-corrected chi connectivity index (χ1v) is 25.6. The number of aliphatic hydroxyl groups is 1. The van der Waals surface area contributed by atoms with Gasteiger partial charge in [-0.2, -0.15) is 18.4 Å². The van der Waals surface area contributed by atoms with Crippen LogP contribution in [0.25, 0.3) is 10.4 Å². The third-order valence-electron chi connectivity index (χ3n) is 13.3. The molecule has 3 atom stereocenters. The quantitative estimate of drug-likeness (QED) is 0.0572. The molecule has 4 aromatic carbocycles. The summed E-state index contributed by atoms with van der Waals surface area (Å²) >= 11 is 7.13. The lowest BCUT2D eigenvalue weighted by Gasteiger charge is -2.35. The molecule has 2 saturated heterocycles. The summed E-state index contributed by atoms with van der Waals surface area (Å²) in [6.07, 6.45) is -5.67. The van der Waals surface area contributed by atoms with E-state index >= 15 is 0 Å². The van der Waals surface area contributed by atoms with Crippen LogP contribution < -0.4 is 24.6 Å². The highest BCUT2D eigenvalue weighted by Gasteiger charge is 2.51. The van der Waals surface area contributed by atoms with Gasteiger partial charge in [0, 0.05) is 42.9 Å². The SMILES string of the molecule is Cc1ncsc1-c1ccc(CNC(=O)[C@@H]2C[C@@H](O)CN2C(=O)C(C(C)C)N2Cc3ccccc3C2=O)c(OCCOCCOCCOc2ccc(N3C(=S)N(c4ccc(C#N)c(C(F)(F)F)c4)C(=O)C3(C)C)cc2)c1. The number of likely N-dealkylation sites (tertiary alicyclic amines) is 1. The van der Waals surface area contributed by atoms with Gasteiger partial charge < -0.3 is 44.1 Å². The smallest absolute Gasteiger partial charge is 0.417 e. The zero-order valence-electron chi connectivity index (χ0n) is 41.9. The molecule has 0 spiro atoms. The molecule has 21 heteroatoms. The Morgan fingerprint density at radius 3 is 2.28 bits per heavy atom. The van der Waals surface area contributed by atoms with Crippen molar-refractivity contribution in [3.05, 3.63) is 124 Å². The number of hydrogen-bond donors (Lipinski definition) is 2. The van der Waals surface area contributed by atoms with E-state index in [0.29, 0.717) is 28.3 Å². The minimum Gasteiger partial charge on any atom is -0.491 e. The van der Waals surface area contributed by atoms with E-state index in [0.717, 1.165) is 38.7 Å². The van der Waals surface area contributed by atoms with Crippen molar-refractivity contribution >= 4 is 63.7 Å². The van der Waals surface area contributed by atoms with Crippen LogP contribution >= 0.6 is 23.6 Å². The number of thiazole rings is 1. The molecule has 1 aromatic heterocycles. The number of nitrogens with zero attached hydrogens (tertiary/aromatic N) is 6. The Bertz CT molecular complexity index is 3000. The summed E-state index contributed by atoms with van der Waals surface area (Å²) in [5, 5.41) is 22.9. The minimum absolute atomic E-state index is 0.0206. The summed E-state index contributed by atoms with van der Waals surface area (Å²) in [5.74, 6) is -0.821. The van der Waals surface area contributed by atoms with Gasteiger partial charge in [-0.25, -0.2) is 4.98 Å². The van der Waals surface area contributed by atoms with Crippen molar-refractivity contribution in [2.75, 3.05) is 56.0 Å². The second-order valence-corrected chi connectivity index (χ2v) is 20.3. The van der Waals surface area contributed by atoms with Gasteiger partial charge in [0.15, 0.2) is 5.11 Å². The van der Waals surface area contributed by atoms with Crippen LogP contribution in [0.1, 0.15) is 72.4 Å². The van der Waals surface area contributed by atoms with Gasteiger partial charge in [0.05, 0.1) is 71.5 Å². The number of benzene rings is 4. The first kappa shape index (κ1) is 54.3. The van der Waals surface area contributed by atoms with Gasteiger partial charge in [-0.15, -0.1) is 11.3 Å². The van der Waals surface area contributed by atoms with Crippen molar-refractivity contribution in [3.63, 3.8) is 0 Å². The van der Waals surface area contributed by atoms with Gasteiger partial charge in [-0.3, -0.25) is 24.1 Å². The molecular weight excluding hydrogens is 1010 g/mol. The highest BCUT2D eigenvalue weighted by Crippen LogP contribution is 2.40. The average Bonchev–Trinajstić information content (AvgIpc) is 4.14. The summed E-state index contributed by atoms with van der Waals surface area (Å²) < 4.78 is 64.9. The lowest BCUT2D eigenvalue weighted by molar-refractivity contribution is -0.143. The standard InChI is InChI=1S/C54H56F3N7O9S2/c1-32(2)46(62-29-37-8-6-7-9-42(37)49(62)67)50(68)61-30-40(65)26-44(61)48(66)59-28-36-11-10-34(47-33(3)60-31-75-47)24-45(36)73-23-21-71-19-18-70-20-22-72-41-16-14-38(15-17-41)64-52(74)63(51(69)53(64,4)5)39-13-12-35(27-58)43(25-39)54(55,56)57/h6-17,24-25,31-32,40,44,46,65H,18-23,26,28-30H2,1-5H3,(H,59,66)/t40-,44+,46?/m1/s1. The van der Waals surface area contributed by atoms with Crippen LogP contribution in [0.2, 0.25) is 0 Å². The number of aliphatic hydroxyl groups excluding tert-OH is 1. The highest BCUT2D eigenvalue weighted by atomic mass is 32.1. The number of β-amino-alcohol motifs (C(OH)–C–C–N with tert-alkyl or cyclic N) is 1. The van der Waals surface area contributed by atoms with Gasteiger partial charge >= 0.3 is 6.18 Å². The van der Waals surface area contributed by atoms with E-state index in [1.807, 2.05) is 51.1 Å². The number of fused-ring (bicyclic) bond motifs is 1. The minimum atomic E-state index is -4.81. The third-order valence-corrected chi connectivity index (χ3v) is 14.6. The summed E-state index contributed by atoms with van der Waals surface area (Å²) in [6.45, 7) is 10.6. The van der Waals surface area contributed by atoms with Gasteiger partial charge in [0.1, 0.15) is 42.3 Å². The Hall–Kier alpha value is -6.96. The predicted octanol–water partition coefficient (Wildman–Crippen LogP) is 7.68. The fraction of sp³-hybridized carbons (Fsp3) is 0.389. The monoisotopic (exact) mass is 1070 g/mol. The lowest BCUT2D eigenvalue weighted by atomic mass is 10.0. The van der Waals surface area contributed by atoms with E-state index in [2.05, 4.69) is 10.3 Å². The van der Waals surface area contributed by atoms with E-state index in [1.54, 1.807) is 71.6 Å². The first-order chi connectivity index (χ1) is 35.8. The fourth-order valence-electron chi connectivity index (χ4n) is 9.51. The number of thiocarbonyl (C=S) groups is 1. The van der Waals surface area contributed by atoms with E-state index in [-0.39, 0.29) is 94.2 Å². The van der Waals surface area contributed by atoms with Crippen molar-refractivity contribution < 1.29 is 56.4 Å². The molecule has 1 unspecified atom stereocenters. The molecular formula is C54H56F3N7O9S2. The number of carbonyl (C=O) groups excluding carboxylic acids is 4. The predicted molar refractivity (Wildman–Crippen MR) is 277 cm³/mol. The van der Waals surface area contributed by atoms with Gasteiger partial charge in [-0.05, 0) is 105 Å². The number of nitriles is 1. The maximum atomic E-state index is 14.3. The number of anilines is 2. The molecule has 3 aliphatic heterocycles. The summed E-state index contributed by atoms with van der Waals surface area (Å²) in [4.78, 5) is 66.1. The number of aromatic nitrogens is 1. The van der Waals surface area contributed by atoms with Crippen molar-refractivity contribution in [1.29, 1.82) is 5.26 Å². The fourth-order valence-corrected chi connectivity index (χ4v) is 10.8. The van der Waals surface area contributed by atoms with E-state index < -0.39 is 52.8 Å². The van der Waals surface area contributed by atoms with Crippen molar-refractivity contribution in [1.82, 2.24) is 20.1 Å². The van der Waals surface area contributed by atoms with Crippen LogP contribution in [0.5, 0.6) is 11.5 Å². The summed E-state index contributed by atoms with van der Waals surface area (Å²) in [7, 11) is 0. The second-order valence-electron chi connectivity index (χ2n) is 19.1. The van der Waals surface area contributed by atoms with Crippen LogP contribution in [-0.2, 0) is 43.1 Å². The Labute approximate surface area is 441 Å². The summed E-state index contributed by atoms with van der Waals surface area (Å²) in [6, 6.07) is 22.5. The van der Waals surface area contributed by atoms with E-state index in [4.69, 9.17) is 31.2 Å². The topological polar surface area (TPSA) is 187 Å². The molecule has 8 rings (SSSR count). The molecule has 75 heavy (non-hydrogen) atoms. The number of carbonyl (C=O) groups is 4. The molecule has 4 heterocycles. The number of hydrogen-bond acceptors (Lipinski definition) is 13. The van der Waals surface area contributed by atoms with Crippen LogP contribution in [0.3, 0.4) is 0 Å². The average molecular weight is 1070 g/mol. The van der Waals surface area contributed by atoms with Crippen molar-refractivity contribution in [3.8, 4) is 28.0 Å². The molecule has 2 N–H and O–H groups in total. The van der Waals surface area contributed by atoms with Crippen LogP contribution in [0.4, 0.5) is 24.5 Å². The van der Waals surface area contributed by atoms with Gasteiger partial charge in [-0.1, -0.05) is 44.2 Å². The Morgan fingerprint density at radius 2 is 1.63 bits per heavy atom. The van der Waals surface area contributed by atoms with E-state index in [9.17, 15) is 42.7 Å². The molecule has 0 aliphatic carbocycles. The second kappa shape index (κ2) is 22.9. The molecule has 0 saturated carbocycles. The number of rotatable bonds is 20. The molecule has 0 bridgehead atoms. The number of alkyl halides is 3. The number of ether oxygens (including phenoxy) is 4. The number of amides is 4. The van der Waals surface area contributed by atoms with Crippen molar-refractivity contribution in [2.24, 2.45) is 5.92 Å². The van der Waals surface area contributed by atoms with Crippen LogP contribution in [0.15, 0.2) is 90.4 Å². The Balaban J connectivity index is 0.797. The summed E-state index contributed by atoms with van der Waals surface area (Å²) in [5.41, 5.74) is 3.04.